The molecule has 21 heavy (non-hydrogen) atoms. The molecule has 0 aliphatic heterocycles. The highest BCUT2D eigenvalue weighted by atomic mass is 16.5. The van der Waals surface area contributed by atoms with Crippen molar-refractivity contribution in [3.63, 3.8) is 0 Å². The van der Waals surface area contributed by atoms with E-state index in [-0.39, 0.29) is 31.7 Å². The zero-order valence-electron chi connectivity index (χ0n) is 13.1. The minimum absolute atomic E-state index is 0.0674. The number of ether oxygens (including phenoxy) is 2. The lowest BCUT2D eigenvalue weighted by molar-refractivity contribution is -0.146. The smallest absolute Gasteiger partial charge is 0.305 e. The topological polar surface area (TPSA) is 76.0 Å². The Labute approximate surface area is 128 Å². The lowest BCUT2D eigenvalue weighted by Gasteiger charge is -2.11. The Kier molecular flexibility index (Phi) is 14.8. The molecule has 0 radical (unpaired) electrons. The highest BCUT2D eigenvalue weighted by molar-refractivity contribution is 5.69. The first-order valence-electron chi connectivity index (χ1n) is 7.84. The van der Waals surface area contributed by atoms with Gasteiger partial charge >= 0.3 is 5.97 Å². The zero-order valence-corrected chi connectivity index (χ0v) is 13.1. The van der Waals surface area contributed by atoms with Crippen LogP contribution in [-0.4, -0.2) is 49.2 Å². The van der Waals surface area contributed by atoms with Crippen LogP contribution in [0.2, 0.25) is 0 Å². The van der Waals surface area contributed by atoms with Crippen molar-refractivity contribution >= 4 is 5.97 Å². The molecule has 0 aromatic rings. The van der Waals surface area contributed by atoms with E-state index in [1.54, 1.807) is 0 Å². The molecule has 0 fully saturated rings. The van der Waals surface area contributed by atoms with E-state index in [1.165, 1.54) is 0 Å². The van der Waals surface area contributed by atoms with Crippen molar-refractivity contribution in [3.05, 3.63) is 12.2 Å². The van der Waals surface area contributed by atoms with Gasteiger partial charge in [-0.15, -0.1) is 0 Å². The van der Waals surface area contributed by atoms with E-state index >= 15 is 0 Å². The maximum absolute atomic E-state index is 11.4. The van der Waals surface area contributed by atoms with Crippen LogP contribution in [0.5, 0.6) is 0 Å². The van der Waals surface area contributed by atoms with Crippen molar-refractivity contribution in [2.45, 2.75) is 45.4 Å². The third kappa shape index (κ3) is 13.8. The van der Waals surface area contributed by atoms with Crippen LogP contribution in [0.1, 0.15) is 45.4 Å². The standard InChI is InChI=1S/C16H30O5/c1-2-3-4-5-6-7-10-20-11-8-9-16(19)21-14-15(12-17)13-18/h3-4,15,17-18H,2,5-14H2,1H3/b4-3-. The van der Waals surface area contributed by atoms with Crippen LogP contribution in [0, 0.1) is 5.92 Å². The summed E-state index contributed by atoms with van der Waals surface area (Å²) in [6, 6.07) is 0. The van der Waals surface area contributed by atoms with E-state index in [1.807, 2.05) is 0 Å². The van der Waals surface area contributed by atoms with E-state index in [0.29, 0.717) is 19.4 Å². The summed E-state index contributed by atoms with van der Waals surface area (Å²) in [6.45, 7) is 3.12. The molecule has 0 atom stereocenters. The molecule has 124 valence electrons. The van der Waals surface area contributed by atoms with E-state index in [9.17, 15) is 4.79 Å². The number of hydrogen-bond donors (Lipinski definition) is 2. The molecule has 0 aromatic heterocycles. The van der Waals surface area contributed by atoms with Gasteiger partial charge in [-0.1, -0.05) is 19.1 Å². The first kappa shape index (κ1) is 20.1. The molecule has 0 spiro atoms. The van der Waals surface area contributed by atoms with Gasteiger partial charge in [-0.05, 0) is 32.1 Å². The Hall–Kier alpha value is -0.910. The van der Waals surface area contributed by atoms with Crippen LogP contribution < -0.4 is 0 Å². The van der Waals surface area contributed by atoms with Crippen molar-refractivity contribution in [1.82, 2.24) is 0 Å². The third-order valence-electron chi connectivity index (χ3n) is 2.98. The van der Waals surface area contributed by atoms with Gasteiger partial charge in [0, 0.05) is 25.6 Å². The highest BCUT2D eigenvalue weighted by Crippen LogP contribution is 2.01. The maximum Gasteiger partial charge on any atom is 0.305 e. The number of aliphatic hydroxyl groups is 2. The number of allylic oxidation sites excluding steroid dienone is 2. The van der Waals surface area contributed by atoms with Crippen molar-refractivity contribution in [2.75, 3.05) is 33.0 Å². The van der Waals surface area contributed by atoms with Crippen molar-refractivity contribution in [3.8, 4) is 0 Å². The van der Waals surface area contributed by atoms with Gasteiger partial charge in [0.25, 0.3) is 0 Å². The summed E-state index contributed by atoms with van der Waals surface area (Å²) < 4.78 is 10.4. The molecule has 5 nitrogen and oxygen atoms in total. The summed E-state index contributed by atoms with van der Waals surface area (Å²) in [4.78, 5) is 11.4. The molecule has 0 saturated carbocycles. The first-order valence-corrected chi connectivity index (χ1v) is 7.84. The molecule has 5 heteroatoms. The van der Waals surface area contributed by atoms with E-state index in [4.69, 9.17) is 19.7 Å². The largest absolute Gasteiger partial charge is 0.465 e. The molecule has 0 aromatic carbocycles. The fraction of sp³-hybridized carbons (Fsp3) is 0.812. The van der Waals surface area contributed by atoms with Gasteiger partial charge in [-0.25, -0.2) is 0 Å². The number of unbranched alkanes of at least 4 members (excludes halogenated alkanes) is 2. The normalized spacial score (nSPS) is 11.4. The Balaban J connectivity index is 3.30. The zero-order chi connectivity index (χ0) is 15.8. The molecule has 0 unspecified atom stereocenters. The van der Waals surface area contributed by atoms with Crippen LogP contribution in [0.4, 0.5) is 0 Å². The van der Waals surface area contributed by atoms with Crippen molar-refractivity contribution < 1.29 is 24.5 Å². The fourth-order valence-electron chi connectivity index (χ4n) is 1.62. The van der Waals surface area contributed by atoms with Crippen molar-refractivity contribution in [2.24, 2.45) is 5.92 Å². The molecule has 0 saturated heterocycles. The fourth-order valence-corrected chi connectivity index (χ4v) is 1.62. The molecule has 0 aliphatic carbocycles. The predicted octanol–water partition coefficient (Wildman–Crippen LogP) is 2.06. The lowest BCUT2D eigenvalue weighted by atomic mass is 10.2. The summed E-state index contributed by atoms with van der Waals surface area (Å²) in [6.07, 6.45) is 9.66. The van der Waals surface area contributed by atoms with Crippen molar-refractivity contribution in [1.29, 1.82) is 0 Å². The Morgan fingerprint density at radius 1 is 1.10 bits per heavy atom. The summed E-state index contributed by atoms with van der Waals surface area (Å²) >= 11 is 0. The molecular weight excluding hydrogens is 272 g/mol. The minimum Gasteiger partial charge on any atom is -0.465 e. The van der Waals surface area contributed by atoms with Crippen LogP contribution in [-0.2, 0) is 14.3 Å². The third-order valence-corrected chi connectivity index (χ3v) is 2.98. The Bertz CT molecular complexity index is 261. The second-order valence-electron chi connectivity index (χ2n) is 5.01. The Morgan fingerprint density at radius 3 is 2.48 bits per heavy atom. The van der Waals surface area contributed by atoms with E-state index < -0.39 is 0 Å². The molecule has 2 N–H and O–H groups in total. The summed E-state index contributed by atoms with van der Waals surface area (Å²) in [5.41, 5.74) is 0. The lowest BCUT2D eigenvalue weighted by Crippen LogP contribution is -2.20. The predicted molar refractivity (Wildman–Crippen MR) is 82.0 cm³/mol. The quantitative estimate of drug-likeness (QED) is 0.292. The second kappa shape index (κ2) is 15.5. The number of carbonyl (C=O) groups is 1. The van der Waals surface area contributed by atoms with Gasteiger partial charge < -0.3 is 19.7 Å². The number of rotatable bonds is 14. The van der Waals surface area contributed by atoms with Crippen LogP contribution >= 0.6 is 0 Å². The Morgan fingerprint density at radius 2 is 1.81 bits per heavy atom. The average molecular weight is 302 g/mol. The maximum atomic E-state index is 11.4. The van der Waals surface area contributed by atoms with Gasteiger partial charge in [0.2, 0.25) is 0 Å². The van der Waals surface area contributed by atoms with Gasteiger partial charge in [0.1, 0.15) is 0 Å². The molecule has 0 aliphatic rings. The molecular formula is C16H30O5. The average Bonchev–Trinajstić information content (AvgIpc) is 2.50. The van der Waals surface area contributed by atoms with Crippen LogP contribution in [0.3, 0.4) is 0 Å². The highest BCUT2D eigenvalue weighted by Gasteiger charge is 2.09. The number of hydrogen-bond acceptors (Lipinski definition) is 5. The van der Waals surface area contributed by atoms with Gasteiger partial charge in [-0.3, -0.25) is 4.79 Å². The van der Waals surface area contributed by atoms with Gasteiger partial charge in [0.15, 0.2) is 0 Å². The summed E-state index contributed by atoms with van der Waals surface area (Å²) in [5.74, 6) is -0.692. The molecule has 0 bridgehead atoms. The molecule has 0 rings (SSSR count). The number of carbonyl (C=O) groups excluding carboxylic acids is 1. The van der Waals surface area contributed by atoms with Crippen LogP contribution in [0.25, 0.3) is 0 Å². The minimum atomic E-state index is -0.382. The van der Waals surface area contributed by atoms with E-state index in [2.05, 4.69) is 19.1 Å². The van der Waals surface area contributed by atoms with Crippen LogP contribution in [0.15, 0.2) is 12.2 Å². The summed E-state index contributed by atoms with van der Waals surface area (Å²) in [7, 11) is 0. The monoisotopic (exact) mass is 302 g/mol. The second-order valence-corrected chi connectivity index (χ2v) is 5.01. The van der Waals surface area contributed by atoms with E-state index in [0.717, 1.165) is 32.3 Å². The first-order chi connectivity index (χ1) is 10.2. The SMILES string of the molecule is CC/C=C\CCCCOCCCC(=O)OCC(CO)CO. The molecule has 0 heterocycles. The molecule has 0 amide bonds. The summed E-state index contributed by atoms with van der Waals surface area (Å²) in [5, 5.41) is 17.7. The number of esters is 1. The number of aliphatic hydroxyl groups excluding tert-OH is 2. The van der Waals surface area contributed by atoms with Gasteiger partial charge in [0.05, 0.1) is 19.8 Å². The van der Waals surface area contributed by atoms with Gasteiger partial charge in [-0.2, -0.15) is 0 Å².